The van der Waals surface area contributed by atoms with Gasteiger partial charge >= 0.3 is 0 Å². The molecule has 0 aromatic heterocycles. The Bertz CT molecular complexity index is 261. The zero-order chi connectivity index (χ0) is 10.9. The minimum absolute atomic E-state index is 0.285. The molecule has 0 spiro atoms. The summed E-state index contributed by atoms with van der Waals surface area (Å²) in [7, 11) is 0. The Morgan fingerprint density at radius 2 is 1.93 bits per heavy atom. The van der Waals surface area contributed by atoms with Crippen molar-refractivity contribution in [3.05, 3.63) is 24.3 Å². The Morgan fingerprint density at radius 3 is 2.53 bits per heavy atom. The molecule has 2 nitrogen and oxygen atoms in total. The van der Waals surface area contributed by atoms with Gasteiger partial charge in [0.2, 0.25) is 0 Å². The first-order chi connectivity index (χ1) is 7.36. The lowest BCUT2D eigenvalue weighted by Gasteiger charge is -2.06. The van der Waals surface area contributed by atoms with E-state index in [1.54, 1.807) is 0 Å². The number of thioether (sulfide) groups is 1. The van der Waals surface area contributed by atoms with E-state index in [0.29, 0.717) is 0 Å². The van der Waals surface area contributed by atoms with Crippen LogP contribution in [0.3, 0.4) is 0 Å². The Balaban J connectivity index is 2.29. The summed E-state index contributed by atoms with van der Waals surface area (Å²) in [5.74, 6) is 1.11. The van der Waals surface area contributed by atoms with Gasteiger partial charge in [0.25, 0.3) is 0 Å². The van der Waals surface area contributed by atoms with E-state index in [-0.39, 0.29) is 6.61 Å². The molecule has 0 heterocycles. The molecule has 0 aliphatic carbocycles. The molecule has 0 aliphatic rings. The van der Waals surface area contributed by atoms with Crippen molar-refractivity contribution in [2.45, 2.75) is 24.7 Å². The smallest absolute Gasteiger partial charge is 0.0431 e. The van der Waals surface area contributed by atoms with Crippen molar-refractivity contribution in [3.63, 3.8) is 0 Å². The van der Waals surface area contributed by atoms with Crippen molar-refractivity contribution >= 4 is 17.4 Å². The van der Waals surface area contributed by atoms with Crippen molar-refractivity contribution in [1.29, 1.82) is 0 Å². The summed E-state index contributed by atoms with van der Waals surface area (Å²) in [6, 6.07) is 8.50. The van der Waals surface area contributed by atoms with Gasteiger partial charge in [0.05, 0.1) is 0 Å². The lowest BCUT2D eigenvalue weighted by atomic mass is 10.3. The fourth-order valence-electron chi connectivity index (χ4n) is 1.31. The third kappa shape index (κ3) is 5.09. The fraction of sp³-hybridized carbons (Fsp3) is 0.500. The molecule has 0 radical (unpaired) electrons. The number of benzene rings is 1. The highest BCUT2D eigenvalue weighted by Gasteiger charge is 1.93. The maximum absolute atomic E-state index is 8.63. The molecule has 2 N–H and O–H groups in total. The first-order valence-corrected chi connectivity index (χ1v) is 6.43. The van der Waals surface area contributed by atoms with Crippen LogP contribution < -0.4 is 5.32 Å². The molecule has 0 aliphatic heterocycles. The third-order valence-electron chi connectivity index (χ3n) is 2.08. The van der Waals surface area contributed by atoms with E-state index in [9.17, 15) is 0 Å². The molecule has 15 heavy (non-hydrogen) atoms. The predicted octanol–water partition coefficient (Wildman–Crippen LogP) is 2.98. The summed E-state index contributed by atoms with van der Waals surface area (Å²) in [6.45, 7) is 3.38. The van der Waals surface area contributed by atoms with Crippen LogP contribution in [0.4, 0.5) is 5.69 Å². The first-order valence-electron chi connectivity index (χ1n) is 5.44. The summed E-state index contributed by atoms with van der Waals surface area (Å²) in [5.41, 5.74) is 1.16. The normalized spacial score (nSPS) is 10.3. The molecule has 1 aromatic carbocycles. The Morgan fingerprint density at radius 1 is 1.20 bits per heavy atom. The van der Waals surface area contributed by atoms with E-state index in [4.69, 9.17) is 5.11 Å². The zero-order valence-electron chi connectivity index (χ0n) is 9.20. The number of unbranched alkanes of at least 4 members (excludes halogenated alkanes) is 1. The van der Waals surface area contributed by atoms with Crippen LogP contribution in [0.1, 0.15) is 19.8 Å². The minimum atomic E-state index is 0.285. The number of rotatable bonds is 7. The van der Waals surface area contributed by atoms with Crippen molar-refractivity contribution in [1.82, 2.24) is 0 Å². The number of aliphatic hydroxyl groups is 1. The number of hydrogen-bond donors (Lipinski definition) is 2. The topological polar surface area (TPSA) is 32.3 Å². The van der Waals surface area contributed by atoms with E-state index in [2.05, 4.69) is 36.5 Å². The van der Waals surface area contributed by atoms with Gasteiger partial charge in [-0.1, -0.05) is 6.92 Å². The number of nitrogens with one attached hydrogen (secondary N) is 1. The fourth-order valence-corrected chi connectivity index (χ4v) is 1.97. The quantitative estimate of drug-likeness (QED) is 0.553. The van der Waals surface area contributed by atoms with Crippen LogP contribution in [-0.2, 0) is 0 Å². The summed E-state index contributed by atoms with van der Waals surface area (Å²) in [4.78, 5) is 1.32. The highest BCUT2D eigenvalue weighted by molar-refractivity contribution is 7.99. The Labute approximate surface area is 96.1 Å². The zero-order valence-corrected chi connectivity index (χ0v) is 10.0. The van der Waals surface area contributed by atoms with Crippen LogP contribution in [0, 0.1) is 0 Å². The van der Waals surface area contributed by atoms with Gasteiger partial charge in [-0.05, 0) is 42.9 Å². The maximum atomic E-state index is 8.63. The van der Waals surface area contributed by atoms with Gasteiger partial charge in [-0.2, -0.15) is 0 Å². The van der Waals surface area contributed by atoms with E-state index in [1.165, 1.54) is 4.90 Å². The Hall–Kier alpha value is -0.670. The van der Waals surface area contributed by atoms with Gasteiger partial charge < -0.3 is 10.4 Å². The molecule has 0 fully saturated rings. The summed E-state index contributed by atoms with van der Waals surface area (Å²) >= 11 is 1.86. The van der Waals surface area contributed by atoms with E-state index >= 15 is 0 Å². The highest BCUT2D eigenvalue weighted by Crippen LogP contribution is 2.19. The lowest BCUT2D eigenvalue weighted by Crippen LogP contribution is -2.01. The first kappa shape index (κ1) is 12.4. The van der Waals surface area contributed by atoms with Gasteiger partial charge in [-0.15, -0.1) is 11.8 Å². The largest absolute Gasteiger partial charge is 0.396 e. The molecule has 0 saturated heterocycles. The van der Waals surface area contributed by atoms with Gasteiger partial charge in [0, 0.05) is 23.7 Å². The third-order valence-corrected chi connectivity index (χ3v) is 2.97. The second-order valence-corrected chi connectivity index (χ2v) is 4.65. The molecule has 3 heteroatoms. The van der Waals surface area contributed by atoms with Crippen molar-refractivity contribution in [2.24, 2.45) is 0 Å². The summed E-state index contributed by atoms with van der Waals surface area (Å²) in [6.07, 6.45) is 1.89. The maximum Gasteiger partial charge on any atom is 0.0431 e. The number of hydrogen-bond acceptors (Lipinski definition) is 3. The van der Waals surface area contributed by atoms with Crippen molar-refractivity contribution < 1.29 is 5.11 Å². The van der Waals surface area contributed by atoms with Crippen LogP contribution in [-0.4, -0.2) is 24.0 Å². The Kier molecular flexibility index (Phi) is 6.28. The molecule has 0 atom stereocenters. The summed E-state index contributed by atoms with van der Waals surface area (Å²) < 4.78 is 0. The van der Waals surface area contributed by atoms with E-state index in [1.807, 2.05) is 11.8 Å². The molecule has 0 saturated carbocycles. The summed E-state index contributed by atoms with van der Waals surface area (Å²) in [5, 5.41) is 12.0. The van der Waals surface area contributed by atoms with Gasteiger partial charge in [0.15, 0.2) is 0 Å². The molecule has 1 aromatic rings. The van der Waals surface area contributed by atoms with Gasteiger partial charge in [-0.25, -0.2) is 0 Å². The van der Waals surface area contributed by atoms with Gasteiger partial charge in [0.1, 0.15) is 0 Å². The van der Waals surface area contributed by atoms with Crippen LogP contribution in [0.2, 0.25) is 0 Å². The molecular formula is C12H19NOS. The highest BCUT2D eigenvalue weighted by atomic mass is 32.2. The van der Waals surface area contributed by atoms with Crippen LogP contribution in [0.15, 0.2) is 29.2 Å². The SMILES string of the molecule is CCSc1ccc(NCCCCO)cc1. The number of anilines is 1. The molecule has 0 unspecified atom stereocenters. The number of aliphatic hydroxyl groups excluding tert-OH is 1. The molecule has 84 valence electrons. The van der Waals surface area contributed by atoms with Crippen molar-refractivity contribution in [2.75, 3.05) is 24.2 Å². The van der Waals surface area contributed by atoms with Gasteiger partial charge in [-0.3, -0.25) is 0 Å². The molecule has 0 amide bonds. The second kappa shape index (κ2) is 7.60. The molecule has 0 bridgehead atoms. The molecular weight excluding hydrogens is 206 g/mol. The van der Waals surface area contributed by atoms with E-state index in [0.717, 1.165) is 30.8 Å². The van der Waals surface area contributed by atoms with Crippen LogP contribution in [0.5, 0.6) is 0 Å². The monoisotopic (exact) mass is 225 g/mol. The van der Waals surface area contributed by atoms with Crippen LogP contribution in [0.25, 0.3) is 0 Å². The second-order valence-electron chi connectivity index (χ2n) is 3.31. The van der Waals surface area contributed by atoms with Crippen LogP contribution >= 0.6 is 11.8 Å². The average molecular weight is 225 g/mol. The minimum Gasteiger partial charge on any atom is -0.396 e. The lowest BCUT2D eigenvalue weighted by molar-refractivity contribution is 0.286. The average Bonchev–Trinajstić information content (AvgIpc) is 2.27. The standard InChI is InChI=1S/C12H19NOS/c1-2-15-12-7-5-11(6-8-12)13-9-3-4-10-14/h5-8,13-14H,2-4,9-10H2,1H3. The predicted molar refractivity (Wildman–Crippen MR) is 67.6 cm³/mol. The molecule has 1 rings (SSSR count). The van der Waals surface area contributed by atoms with E-state index < -0.39 is 0 Å². The van der Waals surface area contributed by atoms with Crippen molar-refractivity contribution in [3.8, 4) is 0 Å².